The fraction of sp³-hybridized carbons (Fsp3) is 0.444. The van der Waals surface area contributed by atoms with Crippen LogP contribution in [0.5, 0.6) is 5.75 Å². The average molecular weight is 329 g/mol. The second kappa shape index (κ2) is 6.65. The normalized spacial score (nSPS) is 20.4. The van der Waals surface area contributed by atoms with Gasteiger partial charge in [0.2, 0.25) is 5.91 Å². The van der Waals surface area contributed by atoms with E-state index in [0.29, 0.717) is 19.5 Å². The van der Waals surface area contributed by atoms with Crippen LogP contribution in [-0.4, -0.2) is 50.8 Å². The first-order chi connectivity index (χ1) is 11.5. The molecule has 0 aliphatic carbocycles. The van der Waals surface area contributed by atoms with E-state index < -0.39 is 5.60 Å². The first kappa shape index (κ1) is 16.5. The molecule has 1 aromatic carbocycles. The number of hydrogen-bond donors (Lipinski definition) is 1. The van der Waals surface area contributed by atoms with Crippen molar-refractivity contribution in [3.8, 4) is 5.75 Å². The van der Waals surface area contributed by atoms with Crippen molar-refractivity contribution in [3.05, 3.63) is 48.0 Å². The lowest BCUT2D eigenvalue weighted by Gasteiger charge is -2.24. The van der Waals surface area contributed by atoms with E-state index >= 15 is 0 Å². The van der Waals surface area contributed by atoms with Gasteiger partial charge in [0.1, 0.15) is 30.3 Å². The van der Waals surface area contributed by atoms with Gasteiger partial charge in [-0.15, -0.1) is 0 Å². The summed E-state index contributed by atoms with van der Waals surface area (Å²) in [6.45, 7) is 5.11. The van der Waals surface area contributed by atoms with E-state index in [2.05, 4.69) is 4.98 Å². The molecule has 2 aromatic rings. The summed E-state index contributed by atoms with van der Waals surface area (Å²) in [6.07, 6.45) is 3.99. The van der Waals surface area contributed by atoms with Gasteiger partial charge >= 0.3 is 0 Å². The zero-order valence-corrected chi connectivity index (χ0v) is 14.1. The molecule has 6 heteroatoms. The van der Waals surface area contributed by atoms with Gasteiger partial charge in [-0.05, 0) is 31.9 Å². The molecule has 1 aliphatic heterocycles. The first-order valence-corrected chi connectivity index (χ1v) is 8.13. The minimum atomic E-state index is -0.998. The molecular weight excluding hydrogens is 306 g/mol. The number of aryl methyl sites for hydroxylation is 2. The molecule has 6 nitrogen and oxygen atoms in total. The Morgan fingerprint density at radius 3 is 2.88 bits per heavy atom. The number of rotatable bonds is 5. The minimum Gasteiger partial charge on any atom is -0.490 e. The largest absolute Gasteiger partial charge is 0.490 e. The second-order valence-corrected chi connectivity index (χ2v) is 6.45. The van der Waals surface area contributed by atoms with Gasteiger partial charge in [-0.2, -0.15) is 0 Å². The maximum absolute atomic E-state index is 12.4. The minimum absolute atomic E-state index is 0.0112. The average Bonchev–Trinajstić information content (AvgIpc) is 3.14. The number of carbonyl (C=O) groups is 1. The molecule has 0 saturated carbocycles. The lowest BCUT2D eigenvalue weighted by Crippen LogP contribution is -2.41. The van der Waals surface area contributed by atoms with Gasteiger partial charge in [-0.3, -0.25) is 4.79 Å². The summed E-state index contributed by atoms with van der Waals surface area (Å²) in [4.78, 5) is 18.2. The zero-order chi connectivity index (χ0) is 17.2. The molecule has 0 bridgehead atoms. The lowest BCUT2D eigenvalue weighted by molar-refractivity contribution is -0.132. The zero-order valence-electron chi connectivity index (χ0n) is 14.1. The third kappa shape index (κ3) is 3.59. The van der Waals surface area contributed by atoms with Gasteiger partial charge in [0.15, 0.2) is 0 Å². The lowest BCUT2D eigenvalue weighted by atomic mass is 10.1. The Labute approximate surface area is 141 Å². The summed E-state index contributed by atoms with van der Waals surface area (Å²) in [5.74, 6) is 1.56. The topological polar surface area (TPSA) is 67.6 Å². The number of amides is 1. The van der Waals surface area contributed by atoms with Crippen molar-refractivity contribution in [2.24, 2.45) is 0 Å². The Balaban J connectivity index is 1.56. The molecule has 1 aliphatic rings. The van der Waals surface area contributed by atoms with E-state index in [4.69, 9.17) is 4.74 Å². The molecule has 1 saturated heterocycles. The number of benzene rings is 1. The number of nitrogens with zero attached hydrogens (tertiary/aromatic N) is 3. The van der Waals surface area contributed by atoms with E-state index in [-0.39, 0.29) is 19.1 Å². The van der Waals surface area contributed by atoms with Crippen molar-refractivity contribution in [1.29, 1.82) is 0 Å². The number of aromatic nitrogens is 2. The number of imidazole rings is 1. The highest BCUT2D eigenvalue weighted by Gasteiger charge is 2.39. The summed E-state index contributed by atoms with van der Waals surface area (Å²) in [7, 11) is 0. The number of β-amino-alcohol motifs (C(OH)–C–C–N with tert-alkyl or cyclic N) is 1. The van der Waals surface area contributed by atoms with Crippen molar-refractivity contribution >= 4 is 5.91 Å². The van der Waals surface area contributed by atoms with Crippen molar-refractivity contribution in [1.82, 2.24) is 14.5 Å². The predicted molar refractivity (Wildman–Crippen MR) is 89.8 cm³/mol. The highest BCUT2D eigenvalue weighted by Crippen LogP contribution is 2.24. The maximum Gasteiger partial charge on any atom is 0.242 e. The maximum atomic E-state index is 12.4. The van der Waals surface area contributed by atoms with E-state index in [9.17, 15) is 9.90 Å². The van der Waals surface area contributed by atoms with Crippen molar-refractivity contribution in [2.45, 2.75) is 32.4 Å². The first-order valence-electron chi connectivity index (χ1n) is 8.13. The Hall–Kier alpha value is -2.34. The van der Waals surface area contributed by atoms with Crippen LogP contribution in [0.2, 0.25) is 0 Å². The van der Waals surface area contributed by atoms with Gasteiger partial charge in [0.05, 0.1) is 6.54 Å². The van der Waals surface area contributed by atoms with Gasteiger partial charge in [-0.1, -0.05) is 18.2 Å². The number of hydrogen-bond acceptors (Lipinski definition) is 4. The van der Waals surface area contributed by atoms with Crippen LogP contribution in [0.3, 0.4) is 0 Å². The fourth-order valence-corrected chi connectivity index (χ4v) is 2.93. The number of likely N-dealkylation sites (tertiary alicyclic amines) is 1. The van der Waals surface area contributed by atoms with Crippen LogP contribution in [0.4, 0.5) is 0 Å². The Kier molecular flexibility index (Phi) is 4.57. The highest BCUT2D eigenvalue weighted by molar-refractivity contribution is 5.76. The van der Waals surface area contributed by atoms with E-state index in [0.717, 1.165) is 17.1 Å². The molecule has 3 rings (SSSR count). The molecule has 1 N–H and O–H groups in total. The number of ether oxygens (including phenoxy) is 1. The molecule has 0 spiro atoms. The van der Waals surface area contributed by atoms with Crippen molar-refractivity contribution in [2.75, 3.05) is 19.7 Å². The summed E-state index contributed by atoms with van der Waals surface area (Å²) in [5.41, 5.74) is 0.0321. The molecule has 24 heavy (non-hydrogen) atoms. The molecule has 1 atom stereocenters. The monoisotopic (exact) mass is 329 g/mol. The third-order valence-electron chi connectivity index (χ3n) is 4.50. The summed E-state index contributed by atoms with van der Waals surface area (Å²) in [5, 5.41) is 10.7. The Morgan fingerprint density at radius 2 is 2.17 bits per heavy atom. The fourth-order valence-electron chi connectivity index (χ4n) is 2.93. The predicted octanol–water partition coefficient (Wildman–Crippen LogP) is 1.54. The number of aliphatic hydroxyl groups is 1. The SMILES string of the molecule is Cc1ccccc1OC[C@]1(O)CCN(C(=O)Cn2ccnc2C)C1. The van der Waals surface area contributed by atoms with Crippen molar-refractivity contribution in [3.63, 3.8) is 0 Å². The van der Waals surface area contributed by atoms with Gasteiger partial charge < -0.3 is 19.3 Å². The molecule has 0 unspecified atom stereocenters. The smallest absolute Gasteiger partial charge is 0.242 e. The van der Waals surface area contributed by atoms with Crippen LogP contribution >= 0.6 is 0 Å². The standard InChI is InChI=1S/C18H23N3O3/c1-14-5-3-4-6-16(14)24-13-18(23)7-9-21(12-18)17(22)11-20-10-8-19-15(20)2/h3-6,8,10,23H,7,9,11-13H2,1-2H3/t18-/m0/s1. The molecule has 128 valence electrons. The highest BCUT2D eigenvalue weighted by atomic mass is 16.5. The molecule has 1 aromatic heterocycles. The van der Waals surface area contributed by atoms with Gasteiger partial charge in [-0.25, -0.2) is 4.98 Å². The van der Waals surface area contributed by atoms with Crippen LogP contribution < -0.4 is 4.74 Å². The van der Waals surface area contributed by atoms with Gasteiger partial charge in [0.25, 0.3) is 0 Å². The summed E-state index contributed by atoms with van der Waals surface area (Å²) >= 11 is 0. The van der Waals surface area contributed by atoms with Crippen LogP contribution in [-0.2, 0) is 11.3 Å². The van der Waals surface area contributed by atoms with Crippen molar-refractivity contribution < 1.29 is 14.6 Å². The second-order valence-electron chi connectivity index (χ2n) is 6.45. The van der Waals surface area contributed by atoms with E-state index in [1.807, 2.05) is 42.7 Å². The quantitative estimate of drug-likeness (QED) is 0.903. The van der Waals surface area contributed by atoms with E-state index in [1.165, 1.54) is 0 Å². The summed E-state index contributed by atoms with van der Waals surface area (Å²) in [6, 6.07) is 7.71. The molecule has 1 amide bonds. The van der Waals surface area contributed by atoms with Crippen LogP contribution in [0.25, 0.3) is 0 Å². The molecule has 0 radical (unpaired) electrons. The van der Waals surface area contributed by atoms with Gasteiger partial charge in [0, 0.05) is 18.9 Å². The van der Waals surface area contributed by atoms with Crippen LogP contribution in [0.1, 0.15) is 17.8 Å². The number of para-hydroxylation sites is 1. The molecule has 2 heterocycles. The Morgan fingerprint density at radius 1 is 1.38 bits per heavy atom. The number of carbonyl (C=O) groups excluding carboxylic acids is 1. The Bertz CT molecular complexity index is 728. The van der Waals surface area contributed by atoms with Crippen LogP contribution in [0, 0.1) is 13.8 Å². The molecular formula is C18H23N3O3. The van der Waals surface area contributed by atoms with Crippen LogP contribution in [0.15, 0.2) is 36.7 Å². The third-order valence-corrected chi connectivity index (χ3v) is 4.50. The van der Waals surface area contributed by atoms with E-state index in [1.54, 1.807) is 17.3 Å². The summed E-state index contributed by atoms with van der Waals surface area (Å²) < 4.78 is 7.58. The molecule has 1 fully saturated rings.